The maximum atomic E-state index is 13.1. The molecule has 2 rings (SSSR count). The first-order valence-corrected chi connectivity index (χ1v) is 6.92. The maximum absolute atomic E-state index is 13.1. The van der Waals surface area contributed by atoms with Crippen LogP contribution in [0.2, 0.25) is 0 Å². The number of hydrogen-bond donors (Lipinski definition) is 1. The fourth-order valence-electron chi connectivity index (χ4n) is 2.51. The predicted octanol–water partition coefficient (Wildman–Crippen LogP) is 2.22. The molecule has 1 saturated heterocycles. The van der Waals surface area contributed by atoms with Crippen LogP contribution in [0.25, 0.3) is 0 Å². The highest BCUT2D eigenvalue weighted by atomic mass is 19.2. The van der Waals surface area contributed by atoms with E-state index >= 15 is 0 Å². The molecule has 114 valence electrons. The maximum Gasteiger partial charge on any atom is 0.308 e. The zero-order valence-corrected chi connectivity index (χ0v) is 11.5. The van der Waals surface area contributed by atoms with E-state index in [1.54, 1.807) is 4.90 Å². The number of benzene rings is 1. The molecule has 1 atom stereocenters. The number of amides is 1. The van der Waals surface area contributed by atoms with E-state index < -0.39 is 23.5 Å². The summed E-state index contributed by atoms with van der Waals surface area (Å²) in [4.78, 5) is 24.6. The van der Waals surface area contributed by atoms with Crippen LogP contribution in [0.5, 0.6) is 0 Å². The minimum atomic E-state index is -0.927. The van der Waals surface area contributed by atoms with Crippen molar-refractivity contribution in [2.45, 2.75) is 25.7 Å². The Hall–Kier alpha value is -1.98. The molecule has 0 spiro atoms. The van der Waals surface area contributed by atoms with E-state index in [1.807, 2.05) is 0 Å². The highest BCUT2D eigenvalue weighted by Crippen LogP contribution is 2.18. The van der Waals surface area contributed by atoms with Crippen LogP contribution in [0.1, 0.15) is 24.8 Å². The number of carbonyl (C=O) groups is 2. The molecule has 0 aromatic heterocycles. The number of aliphatic carboxylic acids is 1. The molecule has 0 radical (unpaired) electrons. The average Bonchev–Trinajstić information content (AvgIpc) is 2.48. The third-order valence-electron chi connectivity index (χ3n) is 3.73. The largest absolute Gasteiger partial charge is 0.481 e. The number of likely N-dealkylation sites (tertiary alicyclic amines) is 1. The molecule has 1 aromatic carbocycles. The zero-order chi connectivity index (χ0) is 15.4. The third-order valence-corrected chi connectivity index (χ3v) is 3.73. The van der Waals surface area contributed by atoms with Crippen molar-refractivity contribution in [3.05, 3.63) is 35.4 Å². The SMILES string of the molecule is O=C(O)C1CCCN(C(=O)CCc2ccc(F)c(F)c2)C1. The van der Waals surface area contributed by atoms with Crippen molar-refractivity contribution in [2.75, 3.05) is 13.1 Å². The van der Waals surface area contributed by atoms with Crippen molar-refractivity contribution in [2.24, 2.45) is 5.92 Å². The molecule has 0 bridgehead atoms. The molecule has 1 fully saturated rings. The quantitative estimate of drug-likeness (QED) is 0.927. The topological polar surface area (TPSA) is 57.6 Å². The van der Waals surface area contributed by atoms with Crippen LogP contribution in [0.4, 0.5) is 8.78 Å². The summed E-state index contributed by atoms with van der Waals surface area (Å²) >= 11 is 0. The van der Waals surface area contributed by atoms with E-state index in [1.165, 1.54) is 6.07 Å². The highest BCUT2D eigenvalue weighted by molar-refractivity contribution is 5.78. The molecule has 1 aliphatic rings. The number of nitrogens with zero attached hydrogens (tertiary/aromatic N) is 1. The summed E-state index contributed by atoms with van der Waals surface area (Å²) in [5.41, 5.74) is 0.550. The molecule has 6 heteroatoms. The van der Waals surface area contributed by atoms with Gasteiger partial charge in [0.15, 0.2) is 11.6 Å². The fourth-order valence-corrected chi connectivity index (χ4v) is 2.51. The summed E-state index contributed by atoms with van der Waals surface area (Å²) < 4.78 is 25.9. The number of carboxylic acids is 1. The smallest absolute Gasteiger partial charge is 0.308 e. The summed E-state index contributed by atoms with van der Waals surface area (Å²) in [6.07, 6.45) is 1.73. The van der Waals surface area contributed by atoms with Crippen LogP contribution in [-0.4, -0.2) is 35.0 Å². The van der Waals surface area contributed by atoms with Crippen molar-refractivity contribution in [3.8, 4) is 0 Å². The second kappa shape index (κ2) is 6.65. The van der Waals surface area contributed by atoms with Crippen molar-refractivity contribution in [1.82, 2.24) is 4.90 Å². The lowest BCUT2D eigenvalue weighted by Gasteiger charge is -2.30. The van der Waals surface area contributed by atoms with Crippen molar-refractivity contribution in [3.63, 3.8) is 0 Å². The van der Waals surface area contributed by atoms with Gasteiger partial charge in [-0.15, -0.1) is 0 Å². The summed E-state index contributed by atoms with van der Waals surface area (Å²) in [6.45, 7) is 0.784. The van der Waals surface area contributed by atoms with Gasteiger partial charge in [0.1, 0.15) is 0 Å². The number of carboxylic acid groups (broad SMARTS) is 1. The number of halogens is 2. The number of aryl methyl sites for hydroxylation is 1. The molecule has 4 nitrogen and oxygen atoms in total. The molecular weight excluding hydrogens is 280 g/mol. The van der Waals surface area contributed by atoms with Gasteiger partial charge in [0.25, 0.3) is 0 Å². The first kappa shape index (κ1) is 15.4. The molecule has 1 aromatic rings. The number of hydrogen-bond acceptors (Lipinski definition) is 2. The van der Waals surface area contributed by atoms with E-state index in [2.05, 4.69) is 0 Å². The van der Waals surface area contributed by atoms with Gasteiger partial charge in [-0.25, -0.2) is 8.78 Å². The Morgan fingerprint density at radius 2 is 2.05 bits per heavy atom. The normalized spacial score (nSPS) is 18.6. The Labute approximate surface area is 121 Å². The van der Waals surface area contributed by atoms with Gasteiger partial charge >= 0.3 is 5.97 Å². The van der Waals surface area contributed by atoms with Gasteiger partial charge in [-0.1, -0.05) is 6.07 Å². The molecule has 1 heterocycles. The fraction of sp³-hybridized carbons (Fsp3) is 0.467. The molecule has 0 saturated carbocycles. The van der Waals surface area contributed by atoms with Gasteiger partial charge in [-0.2, -0.15) is 0 Å². The van der Waals surface area contributed by atoms with Crippen LogP contribution >= 0.6 is 0 Å². The molecule has 0 aliphatic carbocycles. The Morgan fingerprint density at radius 3 is 2.71 bits per heavy atom. The van der Waals surface area contributed by atoms with Crippen molar-refractivity contribution < 1.29 is 23.5 Å². The second-order valence-corrected chi connectivity index (χ2v) is 5.27. The Morgan fingerprint density at radius 1 is 1.29 bits per heavy atom. The van der Waals surface area contributed by atoms with E-state index in [-0.39, 0.29) is 18.9 Å². The monoisotopic (exact) mass is 297 g/mol. The van der Waals surface area contributed by atoms with Crippen LogP contribution in [-0.2, 0) is 16.0 Å². The van der Waals surface area contributed by atoms with Crippen LogP contribution in [0.3, 0.4) is 0 Å². The van der Waals surface area contributed by atoms with Gasteiger partial charge in [-0.05, 0) is 37.0 Å². The lowest BCUT2D eigenvalue weighted by atomic mass is 9.97. The summed E-state index contributed by atoms with van der Waals surface area (Å²) in [5.74, 6) is -3.38. The molecule has 1 unspecified atom stereocenters. The average molecular weight is 297 g/mol. The molecule has 1 aliphatic heterocycles. The molecule has 1 amide bonds. The van der Waals surface area contributed by atoms with E-state index in [4.69, 9.17) is 5.11 Å². The predicted molar refractivity (Wildman–Crippen MR) is 71.6 cm³/mol. The molecular formula is C15H17F2NO3. The molecule has 1 N–H and O–H groups in total. The summed E-state index contributed by atoms with van der Waals surface area (Å²) in [6, 6.07) is 3.57. The lowest BCUT2D eigenvalue weighted by Crippen LogP contribution is -2.42. The number of rotatable bonds is 4. The first-order valence-electron chi connectivity index (χ1n) is 6.92. The zero-order valence-electron chi connectivity index (χ0n) is 11.5. The standard InChI is InChI=1S/C15H17F2NO3/c16-12-5-3-10(8-13(12)17)4-6-14(19)18-7-1-2-11(9-18)15(20)21/h3,5,8,11H,1-2,4,6-7,9H2,(H,20,21). The number of carbonyl (C=O) groups excluding carboxylic acids is 1. The number of piperidine rings is 1. The van der Waals surface area contributed by atoms with E-state index in [0.717, 1.165) is 12.1 Å². The van der Waals surface area contributed by atoms with Gasteiger partial charge < -0.3 is 10.0 Å². The van der Waals surface area contributed by atoms with E-state index in [0.29, 0.717) is 31.4 Å². The minimum Gasteiger partial charge on any atom is -0.481 e. The second-order valence-electron chi connectivity index (χ2n) is 5.27. The van der Waals surface area contributed by atoms with Crippen molar-refractivity contribution >= 4 is 11.9 Å². The molecule has 21 heavy (non-hydrogen) atoms. The summed E-state index contributed by atoms with van der Waals surface area (Å²) in [5, 5.41) is 8.99. The highest BCUT2D eigenvalue weighted by Gasteiger charge is 2.27. The van der Waals surface area contributed by atoms with Crippen molar-refractivity contribution in [1.29, 1.82) is 0 Å². The van der Waals surface area contributed by atoms with Gasteiger partial charge in [0.05, 0.1) is 5.92 Å². The third kappa shape index (κ3) is 4.00. The Kier molecular flexibility index (Phi) is 4.88. The minimum absolute atomic E-state index is 0.148. The lowest BCUT2D eigenvalue weighted by molar-refractivity contribution is -0.145. The van der Waals surface area contributed by atoms with Gasteiger partial charge in [0.2, 0.25) is 5.91 Å². The Bertz CT molecular complexity index is 548. The first-order chi connectivity index (χ1) is 9.97. The summed E-state index contributed by atoms with van der Waals surface area (Å²) in [7, 11) is 0. The van der Waals surface area contributed by atoms with Crippen LogP contribution in [0.15, 0.2) is 18.2 Å². The van der Waals surface area contributed by atoms with Crippen LogP contribution in [0, 0.1) is 17.6 Å². The van der Waals surface area contributed by atoms with Gasteiger partial charge in [-0.3, -0.25) is 9.59 Å². The Balaban J connectivity index is 1.89. The van der Waals surface area contributed by atoms with E-state index in [9.17, 15) is 18.4 Å². The van der Waals surface area contributed by atoms with Gasteiger partial charge in [0, 0.05) is 19.5 Å². The van der Waals surface area contributed by atoms with Crippen LogP contribution < -0.4 is 0 Å².